The highest BCUT2D eigenvalue weighted by atomic mass is 35.5. The van der Waals surface area contributed by atoms with Crippen molar-refractivity contribution in [2.24, 2.45) is 0 Å². The van der Waals surface area contributed by atoms with Crippen LogP contribution in [-0.4, -0.2) is 36.4 Å². The Hall–Kier alpha value is -2.53. The van der Waals surface area contributed by atoms with Gasteiger partial charge in [0.25, 0.3) is 11.8 Å². The van der Waals surface area contributed by atoms with Crippen molar-refractivity contribution >= 4 is 29.1 Å². The normalized spacial score (nSPS) is 13.5. The molecule has 1 aliphatic rings. The molecule has 1 aliphatic heterocycles. The van der Waals surface area contributed by atoms with Gasteiger partial charge in [0.15, 0.2) is 6.61 Å². The van der Waals surface area contributed by atoms with Gasteiger partial charge in [-0.25, -0.2) is 0 Å². The van der Waals surface area contributed by atoms with Gasteiger partial charge >= 0.3 is 0 Å². The van der Waals surface area contributed by atoms with Crippen molar-refractivity contribution < 1.29 is 14.3 Å². The lowest BCUT2D eigenvalue weighted by molar-refractivity contribution is -0.118. The van der Waals surface area contributed by atoms with Crippen LogP contribution in [0.15, 0.2) is 36.4 Å². The van der Waals surface area contributed by atoms with Gasteiger partial charge < -0.3 is 15.0 Å². The van der Waals surface area contributed by atoms with E-state index in [4.69, 9.17) is 16.3 Å². The fourth-order valence-electron chi connectivity index (χ4n) is 3.19. The molecular weight excluding hydrogens is 364 g/mol. The first-order valence-electron chi connectivity index (χ1n) is 9.03. The summed E-state index contributed by atoms with van der Waals surface area (Å²) in [5.74, 6) is 0.223. The van der Waals surface area contributed by atoms with E-state index in [1.807, 2.05) is 18.7 Å². The van der Waals surface area contributed by atoms with E-state index in [0.29, 0.717) is 22.0 Å². The predicted octanol–water partition coefficient (Wildman–Crippen LogP) is 4.21. The van der Waals surface area contributed by atoms with E-state index in [-0.39, 0.29) is 18.4 Å². The molecule has 0 aromatic heterocycles. The van der Waals surface area contributed by atoms with E-state index >= 15 is 0 Å². The zero-order valence-electron chi connectivity index (χ0n) is 15.5. The maximum atomic E-state index is 12.7. The van der Waals surface area contributed by atoms with E-state index in [0.717, 1.165) is 37.1 Å². The minimum Gasteiger partial charge on any atom is -0.484 e. The first kappa shape index (κ1) is 19.2. The van der Waals surface area contributed by atoms with Gasteiger partial charge in [-0.2, -0.15) is 0 Å². The van der Waals surface area contributed by atoms with Crippen LogP contribution in [0.5, 0.6) is 5.75 Å². The molecule has 0 saturated carbocycles. The van der Waals surface area contributed by atoms with Crippen molar-refractivity contribution in [3.63, 3.8) is 0 Å². The SMILES string of the molecule is Cc1cc(OCC(=O)Nc2ccccc2C(=O)N2CCCC2)cc(C)c1Cl. The molecule has 0 bridgehead atoms. The molecule has 0 radical (unpaired) electrons. The molecule has 5 nitrogen and oxygen atoms in total. The van der Waals surface area contributed by atoms with Crippen LogP contribution in [-0.2, 0) is 4.79 Å². The molecular formula is C21H23ClN2O3. The molecule has 1 fully saturated rings. The molecule has 3 rings (SSSR count). The maximum absolute atomic E-state index is 12.7. The minimum absolute atomic E-state index is 0.0479. The van der Waals surface area contributed by atoms with E-state index in [9.17, 15) is 9.59 Å². The highest BCUT2D eigenvalue weighted by molar-refractivity contribution is 6.32. The Morgan fingerprint density at radius 1 is 1.11 bits per heavy atom. The topological polar surface area (TPSA) is 58.6 Å². The average Bonchev–Trinajstić information content (AvgIpc) is 3.19. The van der Waals surface area contributed by atoms with Crippen LogP contribution in [0.1, 0.15) is 34.3 Å². The van der Waals surface area contributed by atoms with Crippen molar-refractivity contribution in [2.45, 2.75) is 26.7 Å². The lowest BCUT2D eigenvalue weighted by Gasteiger charge is -2.18. The number of nitrogens with zero attached hydrogens (tertiary/aromatic N) is 1. The lowest BCUT2D eigenvalue weighted by Crippen LogP contribution is -2.29. The molecule has 0 spiro atoms. The maximum Gasteiger partial charge on any atom is 0.262 e. The second-order valence-corrected chi connectivity index (χ2v) is 7.13. The van der Waals surface area contributed by atoms with Gasteiger partial charge in [0.05, 0.1) is 11.3 Å². The molecule has 27 heavy (non-hydrogen) atoms. The molecule has 6 heteroatoms. The summed E-state index contributed by atoms with van der Waals surface area (Å²) in [5.41, 5.74) is 2.81. The van der Waals surface area contributed by atoms with Crippen LogP contribution in [0.2, 0.25) is 5.02 Å². The number of benzene rings is 2. The summed E-state index contributed by atoms with van der Waals surface area (Å²) in [5, 5.41) is 3.48. The summed E-state index contributed by atoms with van der Waals surface area (Å²) in [7, 11) is 0. The number of ether oxygens (including phenoxy) is 1. The highest BCUT2D eigenvalue weighted by Crippen LogP contribution is 2.26. The standard InChI is InChI=1S/C21H23ClN2O3/c1-14-11-16(12-15(2)20(14)22)27-13-19(25)23-18-8-4-3-7-17(18)21(26)24-9-5-6-10-24/h3-4,7-8,11-12H,5-6,9-10,13H2,1-2H3,(H,23,25). The number of halogens is 1. The fraction of sp³-hybridized carbons (Fsp3) is 0.333. The number of para-hydroxylation sites is 1. The Labute approximate surface area is 164 Å². The molecule has 1 heterocycles. The minimum atomic E-state index is -0.318. The molecule has 0 unspecified atom stereocenters. The Morgan fingerprint density at radius 2 is 1.74 bits per heavy atom. The van der Waals surface area contributed by atoms with Gasteiger partial charge in [-0.1, -0.05) is 23.7 Å². The summed E-state index contributed by atoms with van der Waals surface area (Å²) in [6.07, 6.45) is 2.04. The van der Waals surface area contributed by atoms with Crippen LogP contribution < -0.4 is 10.1 Å². The Kier molecular flexibility index (Phi) is 6.01. The molecule has 2 amide bonds. The summed E-state index contributed by atoms with van der Waals surface area (Å²) in [6.45, 7) is 5.16. The second kappa shape index (κ2) is 8.44. The Balaban J connectivity index is 1.65. The third kappa shape index (κ3) is 4.61. The number of rotatable bonds is 5. The third-order valence-electron chi connectivity index (χ3n) is 4.60. The quantitative estimate of drug-likeness (QED) is 0.837. The largest absolute Gasteiger partial charge is 0.484 e. The van der Waals surface area contributed by atoms with Gasteiger partial charge in [0.1, 0.15) is 5.75 Å². The number of carbonyl (C=O) groups is 2. The van der Waals surface area contributed by atoms with E-state index in [2.05, 4.69) is 5.32 Å². The number of nitrogens with one attached hydrogen (secondary N) is 1. The van der Waals surface area contributed by atoms with E-state index in [1.54, 1.807) is 36.4 Å². The second-order valence-electron chi connectivity index (χ2n) is 6.75. The Morgan fingerprint density at radius 3 is 2.41 bits per heavy atom. The van der Waals surface area contributed by atoms with Crippen molar-refractivity contribution in [1.29, 1.82) is 0 Å². The summed E-state index contributed by atoms with van der Waals surface area (Å²) < 4.78 is 5.59. The fourth-order valence-corrected chi connectivity index (χ4v) is 3.30. The summed E-state index contributed by atoms with van der Waals surface area (Å²) >= 11 is 6.15. The number of aryl methyl sites for hydroxylation is 2. The number of hydrogen-bond acceptors (Lipinski definition) is 3. The highest BCUT2D eigenvalue weighted by Gasteiger charge is 2.22. The van der Waals surface area contributed by atoms with Gasteiger partial charge in [0, 0.05) is 18.1 Å². The smallest absolute Gasteiger partial charge is 0.262 e. The number of anilines is 1. The van der Waals surface area contributed by atoms with Gasteiger partial charge in [0.2, 0.25) is 0 Å². The number of hydrogen-bond donors (Lipinski definition) is 1. The molecule has 142 valence electrons. The molecule has 2 aromatic carbocycles. The molecule has 1 N–H and O–H groups in total. The summed E-state index contributed by atoms with van der Waals surface area (Å²) in [6, 6.07) is 10.7. The molecule has 2 aromatic rings. The summed E-state index contributed by atoms with van der Waals surface area (Å²) in [4.78, 5) is 26.8. The van der Waals surface area contributed by atoms with Crippen LogP contribution in [0, 0.1) is 13.8 Å². The van der Waals surface area contributed by atoms with E-state index < -0.39 is 0 Å². The van der Waals surface area contributed by atoms with Crippen molar-refractivity contribution in [3.8, 4) is 5.75 Å². The van der Waals surface area contributed by atoms with Gasteiger partial charge in [-0.05, 0) is 62.1 Å². The van der Waals surface area contributed by atoms with E-state index in [1.165, 1.54) is 0 Å². The zero-order valence-corrected chi connectivity index (χ0v) is 16.3. The first-order chi connectivity index (χ1) is 13.0. The predicted molar refractivity (Wildman–Crippen MR) is 107 cm³/mol. The van der Waals surface area contributed by atoms with Crippen molar-refractivity contribution in [1.82, 2.24) is 4.90 Å². The first-order valence-corrected chi connectivity index (χ1v) is 9.41. The molecule has 0 aliphatic carbocycles. The van der Waals surface area contributed by atoms with Crippen LogP contribution in [0.25, 0.3) is 0 Å². The van der Waals surface area contributed by atoms with Crippen LogP contribution >= 0.6 is 11.6 Å². The number of carbonyl (C=O) groups excluding carboxylic acids is 2. The Bertz CT molecular complexity index is 837. The third-order valence-corrected chi connectivity index (χ3v) is 5.20. The molecule has 1 saturated heterocycles. The zero-order chi connectivity index (χ0) is 19.4. The average molecular weight is 387 g/mol. The van der Waals surface area contributed by atoms with Crippen molar-refractivity contribution in [3.05, 3.63) is 58.1 Å². The number of amides is 2. The van der Waals surface area contributed by atoms with Gasteiger partial charge in [-0.15, -0.1) is 0 Å². The molecule has 0 atom stereocenters. The monoisotopic (exact) mass is 386 g/mol. The van der Waals surface area contributed by atoms with Crippen LogP contribution in [0.4, 0.5) is 5.69 Å². The van der Waals surface area contributed by atoms with Gasteiger partial charge in [-0.3, -0.25) is 9.59 Å². The lowest BCUT2D eigenvalue weighted by atomic mass is 10.1. The van der Waals surface area contributed by atoms with Crippen LogP contribution in [0.3, 0.4) is 0 Å². The number of likely N-dealkylation sites (tertiary alicyclic amines) is 1. The van der Waals surface area contributed by atoms with Crippen molar-refractivity contribution in [2.75, 3.05) is 25.0 Å².